The molecule has 7 heteroatoms. The zero-order chi connectivity index (χ0) is 14.0. The van der Waals surface area contributed by atoms with Gasteiger partial charge in [-0.1, -0.05) is 11.6 Å². The second-order valence-corrected chi connectivity index (χ2v) is 6.02. The molecule has 0 N–H and O–H groups in total. The number of hydrogen-bond donors (Lipinski definition) is 0. The molecule has 5 nitrogen and oxygen atoms in total. The highest BCUT2D eigenvalue weighted by Gasteiger charge is 2.23. The van der Waals surface area contributed by atoms with Crippen LogP contribution in [0.25, 0.3) is 0 Å². The van der Waals surface area contributed by atoms with Gasteiger partial charge in [0.15, 0.2) is 0 Å². The number of rotatable bonds is 4. The monoisotopic (exact) mass is 300 g/mol. The molecular formula is C12H13ClN2O3S. The van der Waals surface area contributed by atoms with Crippen LogP contribution >= 0.6 is 11.6 Å². The number of hydrogen-bond acceptors (Lipinski definition) is 4. The van der Waals surface area contributed by atoms with Gasteiger partial charge in [0.2, 0.25) is 0 Å². The Hall–Kier alpha value is -1.53. The van der Waals surface area contributed by atoms with Gasteiger partial charge in [-0.05, 0) is 32.0 Å². The van der Waals surface area contributed by atoms with Crippen molar-refractivity contribution < 1.29 is 13.2 Å². The first-order valence-corrected chi connectivity index (χ1v) is 7.46. The largest absolute Gasteiger partial charge is 0.492 e. The van der Waals surface area contributed by atoms with Crippen LogP contribution in [-0.2, 0) is 10.0 Å². The quantitative estimate of drug-likeness (QED) is 0.870. The van der Waals surface area contributed by atoms with Gasteiger partial charge in [-0.2, -0.15) is 0 Å². The van der Waals surface area contributed by atoms with E-state index in [4.69, 9.17) is 16.3 Å². The fraction of sp³-hybridized carbons (Fsp3) is 0.250. The summed E-state index contributed by atoms with van der Waals surface area (Å²) in [7, 11) is -3.76. The first kappa shape index (κ1) is 13.9. The minimum absolute atomic E-state index is 0.0305. The second kappa shape index (κ2) is 5.22. The summed E-state index contributed by atoms with van der Waals surface area (Å²) in [6.45, 7) is 3.77. The standard InChI is InChI=1S/C12H13ClN2O3S/c1-3-18-11-5-4-10(13)8-12(11)19(16,17)15-7-6-14-9(15)2/h4-8H,3H2,1-2H3. The maximum Gasteiger partial charge on any atom is 0.272 e. The van der Waals surface area contributed by atoms with Gasteiger partial charge in [0, 0.05) is 17.4 Å². The topological polar surface area (TPSA) is 61.2 Å². The Kier molecular flexibility index (Phi) is 3.82. The van der Waals surface area contributed by atoms with E-state index in [9.17, 15) is 8.42 Å². The third kappa shape index (κ3) is 2.59. The molecule has 0 atom stereocenters. The molecule has 0 aliphatic rings. The van der Waals surface area contributed by atoms with E-state index in [1.807, 2.05) is 0 Å². The van der Waals surface area contributed by atoms with Crippen molar-refractivity contribution in [1.82, 2.24) is 8.96 Å². The number of benzene rings is 1. The van der Waals surface area contributed by atoms with Gasteiger partial charge in [0.05, 0.1) is 6.61 Å². The lowest BCUT2D eigenvalue weighted by molar-refractivity contribution is 0.331. The predicted octanol–water partition coefficient (Wildman–Crippen LogP) is 2.48. The molecule has 0 saturated heterocycles. The van der Waals surface area contributed by atoms with Crippen molar-refractivity contribution in [3.63, 3.8) is 0 Å². The van der Waals surface area contributed by atoms with Crippen molar-refractivity contribution in [3.05, 3.63) is 41.4 Å². The number of aryl methyl sites for hydroxylation is 1. The first-order chi connectivity index (χ1) is 8.96. The molecule has 0 radical (unpaired) electrons. The van der Waals surface area contributed by atoms with Crippen LogP contribution < -0.4 is 4.74 Å². The van der Waals surface area contributed by atoms with Crippen molar-refractivity contribution >= 4 is 21.6 Å². The molecule has 2 rings (SSSR count). The van der Waals surface area contributed by atoms with E-state index in [2.05, 4.69) is 4.98 Å². The third-order valence-corrected chi connectivity index (χ3v) is 4.54. The van der Waals surface area contributed by atoms with Crippen molar-refractivity contribution in [2.75, 3.05) is 6.61 Å². The molecule has 102 valence electrons. The summed E-state index contributed by atoms with van der Waals surface area (Å²) in [6, 6.07) is 4.51. The van der Waals surface area contributed by atoms with E-state index in [0.717, 1.165) is 3.97 Å². The van der Waals surface area contributed by atoms with Gasteiger partial charge < -0.3 is 4.74 Å². The van der Waals surface area contributed by atoms with Gasteiger partial charge in [-0.25, -0.2) is 17.4 Å². The summed E-state index contributed by atoms with van der Waals surface area (Å²) in [5, 5.41) is 0.333. The molecule has 0 spiro atoms. The van der Waals surface area contributed by atoms with E-state index >= 15 is 0 Å². The Labute approximate surface area is 116 Å². The van der Waals surface area contributed by atoms with Gasteiger partial charge in [-0.15, -0.1) is 0 Å². The van der Waals surface area contributed by atoms with Crippen LogP contribution in [0, 0.1) is 6.92 Å². The zero-order valence-electron chi connectivity index (χ0n) is 10.5. The van der Waals surface area contributed by atoms with Crippen LogP contribution in [0.4, 0.5) is 0 Å². The molecule has 19 heavy (non-hydrogen) atoms. The highest BCUT2D eigenvalue weighted by Crippen LogP contribution is 2.29. The molecule has 0 bridgehead atoms. The van der Waals surface area contributed by atoms with Crippen molar-refractivity contribution in [1.29, 1.82) is 0 Å². The van der Waals surface area contributed by atoms with Crippen molar-refractivity contribution in [2.45, 2.75) is 18.7 Å². The Morgan fingerprint density at radius 2 is 2.16 bits per heavy atom. The Bertz CT molecular complexity index is 695. The molecule has 0 unspecified atom stereocenters. The van der Waals surface area contributed by atoms with Gasteiger partial charge >= 0.3 is 0 Å². The second-order valence-electron chi connectivity index (χ2n) is 3.80. The number of imidazole rings is 1. The molecule has 1 aromatic carbocycles. The van der Waals surface area contributed by atoms with E-state index in [1.54, 1.807) is 26.0 Å². The molecule has 0 fully saturated rings. The first-order valence-electron chi connectivity index (χ1n) is 5.64. The summed E-state index contributed by atoms with van der Waals surface area (Å²) < 4.78 is 31.5. The lowest BCUT2D eigenvalue weighted by Gasteiger charge is -2.12. The zero-order valence-corrected chi connectivity index (χ0v) is 12.1. The van der Waals surface area contributed by atoms with Crippen LogP contribution in [0.2, 0.25) is 5.02 Å². The lowest BCUT2D eigenvalue weighted by Crippen LogP contribution is -2.15. The molecular weight excluding hydrogens is 288 g/mol. The molecule has 0 amide bonds. The molecule has 1 heterocycles. The summed E-state index contributed by atoms with van der Waals surface area (Å²) in [4.78, 5) is 3.95. The Morgan fingerprint density at radius 3 is 2.74 bits per heavy atom. The molecule has 0 aliphatic carbocycles. The highest BCUT2D eigenvalue weighted by molar-refractivity contribution is 7.90. The summed E-state index contributed by atoms with van der Waals surface area (Å²) in [5.41, 5.74) is 0. The van der Waals surface area contributed by atoms with Crippen LogP contribution in [0.5, 0.6) is 5.75 Å². The number of nitrogens with zero attached hydrogens (tertiary/aromatic N) is 2. The Balaban J connectivity index is 2.64. The average molecular weight is 301 g/mol. The molecule has 1 aromatic heterocycles. The van der Waals surface area contributed by atoms with Crippen LogP contribution in [0.15, 0.2) is 35.5 Å². The average Bonchev–Trinajstić information content (AvgIpc) is 2.78. The SMILES string of the molecule is CCOc1ccc(Cl)cc1S(=O)(=O)n1ccnc1C. The number of ether oxygens (including phenoxy) is 1. The molecule has 0 saturated carbocycles. The third-order valence-electron chi connectivity index (χ3n) is 2.52. The van der Waals surface area contributed by atoms with Crippen LogP contribution in [0.1, 0.15) is 12.7 Å². The normalized spacial score (nSPS) is 11.5. The maximum absolute atomic E-state index is 12.5. The number of aromatic nitrogens is 2. The molecule has 0 aliphatic heterocycles. The van der Waals surface area contributed by atoms with Crippen molar-refractivity contribution in [2.24, 2.45) is 0 Å². The maximum atomic E-state index is 12.5. The van der Waals surface area contributed by atoms with Gasteiger partial charge in [0.1, 0.15) is 16.5 Å². The van der Waals surface area contributed by atoms with E-state index in [0.29, 0.717) is 17.5 Å². The minimum atomic E-state index is -3.76. The number of halogens is 1. The summed E-state index contributed by atoms with van der Waals surface area (Å²) in [5.74, 6) is 0.655. The van der Waals surface area contributed by atoms with E-state index < -0.39 is 10.0 Å². The van der Waals surface area contributed by atoms with Gasteiger partial charge in [-0.3, -0.25) is 0 Å². The van der Waals surface area contributed by atoms with Gasteiger partial charge in [0.25, 0.3) is 10.0 Å². The fourth-order valence-electron chi connectivity index (χ4n) is 1.68. The smallest absolute Gasteiger partial charge is 0.272 e. The summed E-state index contributed by atoms with van der Waals surface area (Å²) >= 11 is 5.88. The van der Waals surface area contributed by atoms with E-state index in [-0.39, 0.29) is 10.6 Å². The lowest BCUT2D eigenvalue weighted by atomic mass is 10.3. The van der Waals surface area contributed by atoms with Crippen LogP contribution in [-0.4, -0.2) is 24.0 Å². The Morgan fingerprint density at radius 1 is 1.42 bits per heavy atom. The van der Waals surface area contributed by atoms with Crippen molar-refractivity contribution in [3.8, 4) is 5.75 Å². The summed E-state index contributed by atoms with van der Waals surface area (Å²) in [6.07, 6.45) is 2.82. The fourth-order valence-corrected chi connectivity index (χ4v) is 3.40. The van der Waals surface area contributed by atoms with E-state index in [1.165, 1.54) is 18.5 Å². The molecule has 2 aromatic rings. The highest BCUT2D eigenvalue weighted by atomic mass is 35.5. The van der Waals surface area contributed by atoms with Crippen LogP contribution in [0.3, 0.4) is 0 Å². The predicted molar refractivity (Wildman–Crippen MR) is 72.2 cm³/mol. The minimum Gasteiger partial charge on any atom is -0.492 e.